The molecule has 4 heterocycles. The maximum atomic E-state index is 13.8. The molecule has 1 amide bonds. The van der Waals surface area contributed by atoms with Crippen LogP contribution in [0.2, 0.25) is 0 Å². The normalized spacial score (nSPS) is 11.4. The third-order valence-electron chi connectivity index (χ3n) is 5.90. The van der Waals surface area contributed by atoms with Gasteiger partial charge in [0.15, 0.2) is 5.78 Å². The SMILES string of the molecule is COc1cc(F)cc2ccn(CC(=O)Nc3cncc(C(=O)c4cn(C(C)C)c5ncncc45)c3)c12. The minimum absolute atomic E-state index is 0.0388. The first-order valence-electron chi connectivity index (χ1n) is 11.3. The number of nitrogens with zero attached hydrogens (tertiary/aromatic N) is 5. The zero-order chi connectivity index (χ0) is 25.4. The maximum Gasteiger partial charge on any atom is 0.244 e. The molecule has 0 aliphatic heterocycles. The van der Waals surface area contributed by atoms with Crippen molar-refractivity contribution in [2.24, 2.45) is 0 Å². The fourth-order valence-corrected chi connectivity index (χ4v) is 4.27. The molecule has 1 N–H and O–H groups in total. The summed E-state index contributed by atoms with van der Waals surface area (Å²) in [6.45, 7) is 3.98. The summed E-state index contributed by atoms with van der Waals surface area (Å²) < 4.78 is 22.7. The Labute approximate surface area is 205 Å². The summed E-state index contributed by atoms with van der Waals surface area (Å²) in [5, 5.41) is 4.05. The molecule has 36 heavy (non-hydrogen) atoms. The highest BCUT2D eigenvalue weighted by Gasteiger charge is 2.20. The van der Waals surface area contributed by atoms with Crippen molar-refractivity contribution < 1.29 is 18.7 Å². The Bertz CT molecular complexity index is 1620. The average molecular weight is 487 g/mol. The van der Waals surface area contributed by atoms with E-state index in [0.29, 0.717) is 44.5 Å². The molecule has 10 heteroatoms. The number of hydrogen-bond donors (Lipinski definition) is 1. The van der Waals surface area contributed by atoms with E-state index in [4.69, 9.17) is 4.74 Å². The first-order chi connectivity index (χ1) is 17.4. The van der Waals surface area contributed by atoms with Gasteiger partial charge in [-0.25, -0.2) is 14.4 Å². The highest BCUT2D eigenvalue weighted by Crippen LogP contribution is 2.28. The number of methoxy groups -OCH3 is 1. The van der Waals surface area contributed by atoms with Crippen LogP contribution in [0.1, 0.15) is 35.8 Å². The molecule has 182 valence electrons. The van der Waals surface area contributed by atoms with Crippen LogP contribution >= 0.6 is 0 Å². The number of anilines is 1. The number of amides is 1. The standard InChI is InChI=1S/C26H23FN6O3/c1-15(2)33-12-21(20-11-29-14-30-26(20)33)25(35)17-7-19(10-28-9-17)31-23(34)13-32-5-4-16-6-18(27)8-22(36-3)24(16)32/h4-12,14-15H,13H2,1-3H3,(H,31,34). The molecule has 9 nitrogen and oxygen atoms in total. The van der Waals surface area contributed by atoms with Crippen molar-refractivity contribution in [2.75, 3.05) is 12.4 Å². The molecule has 4 aromatic heterocycles. The molecule has 0 aliphatic carbocycles. The maximum absolute atomic E-state index is 13.8. The van der Waals surface area contributed by atoms with Gasteiger partial charge in [-0.1, -0.05) is 0 Å². The van der Waals surface area contributed by atoms with Gasteiger partial charge in [-0.05, 0) is 32.0 Å². The fourth-order valence-electron chi connectivity index (χ4n) is 4.27. The Kier molecular flexibility index (Phi) is 5.93. The number of nitrogens with one attached hydrogen (secondary N) is 1. The third-order valence-corrected chi connectivity index (χ3v) is 5.90. The van der Waals surface area contributed by atoms with Gasteiger partial charge in [0.25, 0.3) is 0 Å². The van der Waals surface area contributed by atoms with Crippen LogP contribution in [0.3, 0.4) is 0 Å². The van der Waals surface area contributed by atoms with Crippen molar-refractivity contribution in [1.82, 2.24) is 24.1 Å². The molecule has 0 fully saturated rings. The first kappa shape index (κ1) is 23.2. The van der Waals surface area contributed by atoms with Gasteiger partial charge in [-0.15, -0.1) is 0 Å². The minimum Gasteiger partial charge on any atom is -0.494 e. The highest BCUT2D eigenvalue weighted by atomic mass is 19.1. The fraction of sp³-hybridized carbons (Fsp3) is 0.192. The number of ketones is 1. The molecular formula is C26H23FN6O3. The molecule has 5 rings (SSSR count). The number of benzene rings is 1. The number of halogens is 1. The van der Waals surface area contributed by atoms with Crippen molar-refractivity contribution >= 4 is 39.3 Å². The summed E-state index contributed by atoms with van der Waals surface area (Å²) in [7, 11) is 1.45. The van der Waals surface area contributed by atoms with Gasteiger partial charge in [0.2, 0.25) is 5.91 Å². The Morgan fingerprint density at radius 1 is 1.14 bits per heavy atom. The van der Waals surface area contributed by atoms with Crippen LogP contribution in [0, 0.1) is 5.82 Å². The number of fused-ring (bicyclic) bond motifs is 2. The Balaban J connectivity index is 1.39. The number of carbonyl (C=O) groups is 2. The lowest BCUT2D eigenvalue weighted by molar-refractivity contribution is -0.116. The van der Waals surface area contributed by atoms with E-state index < -0.39 is 5.82 Å². The van der Waals surface area contributed by atoms with Crippen LogP contribution < -0.4 is 10.1 Å². The predicted octanol–water partition coefficient (Wildman–Crippen LogP) is 4.38. The molecule has 0 bridgehead atoms. The third kappa shape index (κ3) is 4.17. The van der Waals surface area contributed by atoms with E-state index in [9.17, 15) is 14.0 Å². The van der Waals surface area contributed by atoms with Gasteiger partial charge in [0.1, 0.15) is 30.1 Å². The van der Waals surface area contributed by atoms with Crippen LogP contribution in [-0.2, 0) is 11.3 Å². The number of carbonyl (C=O) groups excluding carboxylic acids is 2. The summed E-state index contributed by atoms with van der Waals surface area (Å²) in [6.07, 6.45) is 9.46. The number of ether oxygens (including phenoxy) is 1. The van der Waals surface area contributed by atoms with E-state index in [0.717, 1.165) is 0 Å². The topological polar surface area (TPSA) is 104 Å². The van der Waals surface area contributed by atoms with E-state index in [1.165, 1.54) is 38.0 Å². The van der Waals surface area contributed by atoms with Crippen molar-refractivity contribution in [3.63, 3.8) is 0 Å². The average Bonchev–Trinajstić information content (AvgIpc) is 3.45. The lowest BCUT2D eigenvalue weighted by Crippen LogP contribution is -2.18. The molecule has 0 radical (unpaired) electrons. The van der Waals surface area contributed by atoms with Crippen molar-refractivity contribution in [2.45, 2.75) is 26.4 Å². The zero-order valence-corrected chi connectivity index (χ0v) is 19.9. The van der Waals surface area contributed by atoms with Crippen molar-refractivity contribution in [3.8, 4) is 5.75 Å². The molecule has 1 aromatic carbocycles. The first-order valence-corrected chi connectivity index (χ1v) is 11.3. The highest BCUT2D eigenvalue weighted by molar-refractivity contribution is 6.16. The van der Waals surface area contributed by atoms with E-state index in [1.54, 1.807) is 35.3 Å². The number of aromatic nitrogens is 5. The smallest absolute Gasteiger partial charge is 0.244 e. The second-order valence-corrected chi connectivity index (χ2v) is 8.63. The second-order valence-electron chi connectivity index (χ2n) is 8.63. The van der Waals surface area contributed by atoms with Crippen LogP contribution in [0.25, 0.3) is 21.9 Å². The van der Waals surface area contributed by atoms with Gasteiger partial charge in [-0.3, -0.25) is 14.6 Å². The second kappa shape index (κ2) is 9.21. The number of rotatable bonds is 7. The predicted molar refractivity (Wildman–Crippen MR) is 133 cm³/mol. The number of hydrogen-bond acceptors (Lipinski definition) is 6. The van der Waals surface area contributed by atoms with E-state index in [2.05, 4.69) is 20.3 Å². The van der Waals surface area contributed by atoms with Crippen LogP contribution in [0.15, 0.2) is 61.6 Å². The summed E-state index contributed by atoms with van der Waals surface area (Å²) in [6, 6.07) is 6.06. The van der Waals surface area contributed by atoms with Crippen LogP contribution in [-0.4, -0.2) is 42.9 Å². The molecule has 0 unspecified atom stereocenters. The molecule has 0 saturated heterocycles. The summed E-state index contributed by atoms with van der Waals surface area (Å²) >= 11 is 0. The van der Waals surface area contributed by atoms with Gasteiger partial charge in [0.05, 0.1) is 30.1 Å². The summed E-state index contributed by atoms with van der Waals surface area (Å²) in [4.78, 5) is 38.7. The molecule has 0 aliphatic rings. The van der Waals surface area contributed by atoms with Gasteiger partial charge >= 0.3 is 0 Å². The minimum atomic E-state index is -0.419. The van der Waals surface area contributed by atoms with Gasteiger partial charge in [0, 0.05) is 53.2 Å². The Morgan fingerprint density at radius 3 is 2.75 bits per heavy atom. The molecule has 0 saturated carbocycles. The lowest BCUT2D eigenvalue weighted by Gasteiger charge is -2.10. The molecule has 5 aromatic rings. The van der Waals surface area contributed by atoms with Crippen LogP contribution in [0.5, 0.6) is 5.75 Å². The summed E-state index contributed by atoms with van der Waals surface area (Å²) in [5.74, 6) is -0.671. The van der Waals surface area contributed by atoms with E-state index >= 15 is 0 Å². The quantitative estimate of drug-likeness (QED) is 0.343. The Hall–Kier alpha value is -4.60. The van der Waals surface area contributed by atoms with E-state index in [1.807, 2.05) is 18.4 Å². The van der Waals surface area contributed by atoms with Gasteiger partial charge < -0.3 is 19.2 Å². The largest absolute Gasteiger partial charge is 0.494 e. The van der Waals surface area contributed by atoms with Crippen molar-refractivity contribution in [1.29, 1.82) is 0 Å². The molecule has 0 atom stereocenters. The van der Waals surface area contributed by atoms with Crippen molar-refractivity contribution in [3.05, 3.63) is 78.5 Å². The monoisotopic (exact) mass is 486 g/mol. The molecular weight excluding hydrogens is 463 g/mol. The lowest BCUT2D eigenvalue weighted by atomic mass is 10.1. The summed E-state index contributed by atoms with van der Waals surface area (Å²) in [5.41, 5.74) is 2.45. The number of pyridine rings is 1. The zero-order valence-electron chi connectivity index (χ0n) is 19.9. The van der Waals surface area contributed by atoms with Crippen LogP contribution in [0.4, 0.5) is 10.1 Å². The van der Waals surface area contributed by atoms with Gasteiger partial charge in [-0.2, -0.15) is 0 Å². The molecule has 0 spiro atoms. The van der Waals surface area contributed by atoms with E-state index in [-0.39, 0.29) is 24.3 Å². The Morgan fingerprint density at radius 2 is 1.97 bits per heavy atom.